The topological polar surface area (TPSA) is 37.0 Å². The fourth-order valence-corrected chi connectivity index (χ4v) is 2.78. The first-order valence-corrected chi connectivity index (χ1v) is 7.05. The highest BCUT2D eigenvalue weighted by atomic mass is 32.1. The minimum Gasteiger partial charge on any atom is -0.317 e. The van der Waals surface area contributed by atoms with Crippen LogP contribution in [0.25, 0.3) is 0 Å². The number of nitrogens with zero attached hydrogens (tertiary/aromatic N) is 1. The molecule has 1 saturated heterocycles. The van der Waals surface area contributed by atoms with Gasteiger partial charge in [-0.25, -0.2) is 4.98 Å². The van der Waals surface area contributed by atoms with Gasteiger partial charge in [0.25, 0.3) is 0 Å². The van der Waals surface area contributed by atoms with E-state index >= 15 is 0 Å². The van der Waals surface area contributed by atoms with E-state index in [0.717, 1.165) is 18.9 Å². The summed E-state index contributed by atoms with van der Waals surface area (Å²) >= 11 is 1.74. The van der Waals surface area contributed by atoms with E-state index in [1.54, 1.807) is 11.3 Å². The van der Waals surface area contributed by atoms with Crippen LogP contribution in [0.5, 0.6) is 0 Å². The summed E-state index contributed by atoms with van der Waals surface area (Å²) in [5, 5.41) is 10.3. The zero-order valence-electron chi connectivity index (χ0n) is 9.96. The van der Waals surface area contributed by atoms with Gasteiger partial charge in [-0.05, 0) is 45.3 Å². The maximum Gasteiger partial charge on any atom is 0.0897 e. The van der Waals surface area contributed by atoms with Crippen molar-refractivity contribution >= 4 is 11.3 Å². The molecule has 0 aromatic carbocycles. The summed E-state index contributed by atoms with van der Waals surface area (Å²) in [6.45, 7) is 6.68. The smallest absolute Gasteiger partial charge is 0.0897 e. The number of aryl methyl sites for hydroxylation is 1. The molecule has 2 rings (SSSR count). The zero-order valence-corrected chi connectivity index (χ0v) is 10.8. The van der Waals surface area contributed by atoms with Crippen molar-refractivity contribution in [2.45, 2.75) is 26.2 Å². The lowest BCUT2D eigenvalue weighted by Gasteiger charge is -2.22. The molecule has 1 fully saturated rings. The van der Waals surface area contributed by atoms with Crippen molar-refractivity contribution in [2.24, 2.45) is 5.92 Å². The third-order valence-electron chi connectivity index (χ3n) is 3.12. The molecule has 1 aliphatic heterocycles. The third-order valence-corrected chi connectivity index (χ3v) is 3.94. The zero-order chi connectivity index (χ0) is 11.2. The van der Waals surface area contributed by atoms with Crippen molar-refractivity contribution in [3.8, 4) is 0 Å². The Morgan fingerprint density at radius 3 is 3.00 bits per heavy atom. The Labute approximate surface area is 102 Å². The van der Waals surface area contributed by atoms with Gasteiger partial charge in [0.2, 0.25) is 0 Å². The van der Waals surface area contributed by atoms with Crippen LogP contribution in [0.3, 0.4) is 0 Å². The highest BCUT2D eigenvalue weighted by molar-refractivity contribution is 7.09. The molecule has 0 saturated carbocycles. The highest BCUT2D eigenvalue weighted by Gasteiger charge is 2.11. The SMILES string of the molecule is Cc1nc(CCNCC2CCNCC2)cs1. The predicted molar refractivity (Wildman–Crippen MR) is 69.0 cm³/mol. The lowest BCUT2D eigenvalue weighted by atomic mass is 9.98. The molecule has 16 heavy (non-hydrogen) atoms. The number of nitrogens with one attached hydrogen (secondary N) is 2. The molecular formula is C12H21N3S. The first kappa shape index (κ1) is 12.0. The summed E-state index contributed by atoms with van der Waals surface area (Å²) in [7, 11) is 0. The first-order chi connectivity index (χ1) is 7.84. The van der Waals surface area contributed by atoms with E-state index in [9.17, 15) is 0 Å². The number of hydrogen-bond acceptors (Lipinski definition) is 4. The molecule has 0 aliphatic carbocycles. The van der Waals surface area contributed by atoms with E-state index in [0.29, 0.717) is 0 Å². The number of hydrogen-bond donors (Lipinski definition) is 2. The molecule has 1 aliphatic rings. The van der Waals surface area contributed by atoms with E-state index in [-0.39, 0.29) is 0 Å². The Morgan fingerprint density at radius 1 is 1.50 bits per heavy atom. The average Bonchev–Trinajstić information content (AvgIpc) is 2.72. The highest BCUT2D eigenvalue weighted by Crippen LogP contribution is 2.10. The quantitative estimate of drug-likeness (QED) is 0.766. The van der Waals surface area contributed by atoms with Crippen LogP contribution in [0.4, 0.5) is 0 Å². The lowest BCUT2D eigenvalue weighted by molar-refractivity contribution is 0.357. The fraction of sp³-hybridized carbons (Fsp3) is 0.750. The number of rotatable bonds is 5. The van der Waals surface area contributed by atoms with Crippen molar-refractivity contribution in [1.29, 1.82) is 0 Å². The maximum absolute atomic E-state index is 4.46. The summed E-state index contributed by atoms with van der Waals surface area (Å²) in [4.78, 5) is 4.46. The molecule has 3 nitrogen and oxygen atoms in total. The summed E-state index contributed by atoms with van der Waals surface area (Å²) < 4.78 is 0. The van der Waals surface area contributed by atoms with Gasteiger partial charge < -0.3 is 10.6 Å². The lowest BCUT2D eigenvalue weighted by Crippen LogP contribution is -2.34. The molecule has 90 valence electrons. The molecule has 0 radical (unpaired) electrons. The van der Waals surface area contributed by atoms with Crippen molar-refractivity contribution in [1.82, 2.24) is 15.6 Å². The molecule has 0 unspecified atom stereocenters. The van der Waals surface area contributed by atoms with Crippen molar-refractivity contribution in [3.63, 3.8) is 0 Å². The molecule has 4 heteroatoms. The van der Waals surface area contributed by atoms with Gasteiger partial charge in [-0.1, -0.05) is 0 Å². The van der Waals surface area contributed by atoms with E-state index in [1.165, 1.54) is 43.2 Å². The van der Waals surface area contributed by atoms with Crippen molar-refractivity contribution in [2.75, 3.05) is 26.2 Å². The number of thiazole rings is 1. The Morgan fingerprint density at radius 2 is 2.31 bits per heavy atom. The Kier molecular flexibility index (Phi) is 4.75. The fourth-order valence-electron chi connectivity index (χ4n) is 2.13. The van der Waals surface area contributed by atoms with Gasteiger partial charge in [-0.2, -0.15) is 0 Å². The molecule has 0 spiro atoms. The van der Waals surface area contributed by atoms with Crippen LogP contribution < -0.4 is 10.6 Å². The summed E-state index contributed by atoms with van der Waals surface area (Å²) in [5.41, 5.74) is 1.24. The van der Waals surface area contributed by atoms with Crippen LogP contribution in [-0.4, -0.2) is 31.2 Å². The van der Waals surface area contributed by atoms with Crippen LogP contribution in [0, 0.1) is 12.8 Å². The van der Waals surface area contributed by atoms with Crippen molar-refractivity contribution in [3.05, 3.63) is 16.1 Å². The van der Waals surface area contributed by atoms with Crippen LogP contribution >= 0.6 is 11.3 Å². The predicted octanol–water partition coefficient (Wildman–Crippen LogP) is 1.58. The monoisotopic (exact) mass is 239 g/mol. The molecule has 0 bridgehead atoms. The van der Waals surface area contributed by atoms with E-state index < -0.39 is 0 Å². The molecule has 1 aromatic rings. The van der Waals surface area contributed by atoms with Crippen LogP contribution in [0.15, 0.2) is 5.38 Å². The summed E-state index contributed by atoms with van der Waals surface area (Å²) in [6, 6.07) is 0. The Bertz CT molecular complexity index is 305. The summed E-state index contributed by atoms with van der Waals surface area (Å²) in [5.74, 6) is 0.874. The van der Waals surface area contributed by atoms with Crippen LogP contribution in [0.1, 0.15) is 23.5 Å². The first-order valence-electron chi connectivity index (χ1n) is 6.17. The van der Waals surface area contributed by atoms with Gasteiger partial charge in [-0.3, -0.25) is 0 Å². The third kappa shape index (κ3) is 3.85. The van der Waals surface area contributed by atoms with Gasteiger partial charge in [0, 0.05) is 18.3 Å². The molecule has 2 N–H and O–H groups in total. The second-order valence-electron chi connectivity index (χ2n) is 4.51. The molecular weight excluding hydrogens is 218 g/mol. The minimum atomic E-state index is 0.874. The normalized spacial score (nSPS) is 17.8. The van der Waals surface area contributed by atoms with E-state index in [1.807, 2.05) is 0 Å². The van der Waals surface area contributed by atoms with Gasteiger partial charge in [0.05, 0.1) is 10.7 Å². The number of aromatic nitrogens is 1. The van der Waals surface area contributed by atoms with Crippen LogP contribution in [-0.2, 0) is 6.42 Å². The molecule has 0 amide bonds. The Balaban J connectivity index is 1.57. The van der Waals surface area contributed by atoms with Crippen LogP contribution in [0.2, 0.25) is 0 Å². The van der Waals surface area contributed by atoms with E-state index in [2.05, 4.69) is 27.9 Å². The number of piperidine rings is 1. The van der Waals surface area contributed by atoms with Gasteiger partial charge in [0.15, 0.2) is 0 Å². The van der Waals surface area contributed by atoms with E-state index in [4.69, 9.17) is 0 Å². The standard InChI is InChI=1S/C12H21N3S/c1-10-15-12(9-16-10)4-7-14-8-11-2-5-13-6-3-11/h9,11,13-14H,2-8H2,1H3. The largest absolute Gasteiger partial charge is 0.317 e. The second-order valence-corrected chi connectivity index (χ2v) is 5.57. The maximum atomic E-state index is 4.46. The molecule has 2 heterocycles. The second kappa shape index (κ2) is 6.33. The van der Waals surface area contributed by atoms with Gasteiger partial charge in [0.1, 0.15) is 0 Å². The molecule has 0 atom stereocenters. The minimum absolute atomic E-state index is 0.874. The van der Waals surface area contributed by atoms with Crippen molar-refractivity contribution < 1.29 is 0 Å². The summed E-state index contributed by atoms with van der Waals surface area (Å²) in [6.07, 6.45) is 3.71. The molecule has 1 aromatic heterocycles. The van der Waals surface area contributed by atoms with Gasteiger partial charge in [-0.15, -0.1) is 11.3 Å². The van der Waals surface area contributed by atoms with Gasteiger partial charge >= 0.3 is 0 Å². The Hall–Kier alpha value is -0.450. The average molecular weight is 239 g/mol.